The molecule has 9 aromatic rings. The Morgan fingerprint density at radius 2 is 0.836 bits per heavy atom. The summed E-state index contributed by atoms with van der Waals surface area (Å²) in [7, 11) is 7.13. The Hall–Kier alpha value is -11.7. The van der Waals surface area contributed by atoms with Crippen LogP contribution >= 0.6 is 34.8 Å². The molecule has 5 aliphatic rings. The van der Waals surface area contributed by atoms with Crippen molar-refractivity contribution in [3.63, 3.8) is 0 Å². The van der Waals surface area contributed by atoms with Crippen LogP contribution in [0.15, 0.2) is 134 Å². The topological polar surface area (TPSA) is 294 Å². The number of benzene rings is 6. The van der Waals surface area contributed by atoms with E-state index >= 15 is 0 Å². The molecular formula is C85H96Cl3N13O15. The lowest BCUT2D eigenvalue weighted by Crippen LogP contribution is -2.52. The molecule has 31 heteroatoms. The quantitative estimate of drug-likeness (QED) is 0.0929. The van der Waals surface area contributed by atoms with Gasteiger partial charge in [0.25, 0.3) is 23.6 Å². The SMILES string of the molecule is CC(C)(C)OC(=O)N1CCN(C(=O)COc2cccc(Cl)c2)CC1.COC(=O)COc1ccc(C(=O)N2Cc3cnn(C)c3Cc3cc(C)ccc32)c(Cl)c1.Cc1ccc2c(c1)Cc1c(cnn1C)CN2.Cc1ccc2c(c1)Cc1c(cnn1C)CN2C(=O)c1ccc(OCC(=O)N2CCN(C(=O)OC(C)(C)C)CC2)cc1Cl.O=C=O. The van der Waals surface area contributed by atoms with E-state index < -0.39 is 17.2 Å². The fourth-order valence-electron chi connectivity index (χ4n) is 13.5. The zero-order valence-electron chi connectivity index (χ0n) is 67.3. The summed E-state index contributed by atoms with van der Waals surface area (Å²) >= 11 is 18.9. The van der Waals surface area contributed by atoms with Gasteiger partial charge in [-0.15, -0.1) is 0 Å². The van der Waals surface area contributed by atoms with E-state index in [1.807, 2.05) is 121 Å². The molecule has 0 saturated carbocycles. The van der Waals surface area contributed by atoms with E-state index in [0.717, 1.165) is 69.1 Å². The third-order valence-electron chi connectivity index (χ3n) is 19.5. The molecule has 2 saturated heterocycles. The van der Waals surface area contributed by atoms with Gasteiger partial charge in [0.05, 0.1) is 60.0 Å². The number of carbonyl (C=O) groups is 7. The van der Waals surface area contributed by atoms with Crippen LogP contribution in [0.3, 0.4) is 0 Å². The fraction of sp³-hybridized carbons (Fsp3) is 0.376. The first kappa shape index (κ1) is 86.7. The Bertz CT molecular complexity index is 5120. The Labute approximate surface area is 688 Å². The van der Waals surface area contributed by atoms with Gasteiger partial charge in [-0.1, -0.05) is 94.0 Å². The lowest BCUT2D eigenvalue weighted by molar-refractivity contribution is -0.191. The molecule has 0 bridgehead atoms. The van der Waals surface area contributed by atoms with Gasteiger partial charge in [0, 0.05) is 155 Å². The number of fused-ring (bicyclic) bond motifs is 6. The van der Waals surface area contributed by atoms with Gasteiger partial charge in [-0.3, -0.25) is 33.2 Å². The number of hydrogen-bond acceptors (Lipinski definition) is 19. The summed E-state index contributed by atoms with van der Waals surface area (Å²) in [6.07, 6.45) is 7.44. The summed E-state index contributed by atoms with van der Waals surface area (Å²) in [5.41, 5.74) is 16.3. The van der Waals surface area contributed by atoms with E-state index in [4.69, 9.17) is 68.1 Å². The Morgan fingerprint density at radius 3 is 1.25 bits per heavy atom. The third kappa shape index (κ3) is 22.9. The average molecular weight is 1650 g/mol. The molecule has 0 spiro atoms. The van der Waals surface area contributed by atoms with Crippen molar-refractivity contribution >= 4 is 99.8 Å². The average Bonchev–Trinajstić information content (AvgIpc) is 1.61. The highest BCUT2D eigenvalue weighted by Crippen LogP contribution is 2.37. The molecule has 612 valence electrons. The Kier molecular flexibility index (Phi) is 28.9. The second-order valence-corrected chi connectivity index (χ2v) is 31.5. The lowest BCUT2D eigenvalue weighted by Gasteiger charge is -2.35. The van der Waals surface area contributed by atoms with Gasteiger partial charge in [0.15, 0.2) is 19.8 Å². The highest BCUT2D eigenvalue weighted by molar-refractivity contribution is 6.35. The van der Waals surface area contributed by atoms with Crippen LogP contribution < -0.4 is 29.3 Å². The van der Waals surface area contributed by atoms with Crippen LogP contribution in [-0.4, -0.2) is 187 Å². The molecule has 6 aromatic carbocycles. The van der Waals surface area contributed by atoms with E-state index in [1.165, 1.54) is 41.2 Å². The van der Waals surface area contributed by atoms with Crippen LogP contribution in [0.1, 0.15) is 129 Å². The van der Waals surface area contributed by atoms with Crippen LogP contribution in [-0.2, 0) is 98.2 Å². The number of nitrogens with one attached hydrogen (secondary N) is 1. The van der Waals surface area contributed by atoms with Crippen molar-refractivity contribution in [3.05, 3.63) is 227 Å². The van der Waals surface area contributed by atoms with Crippen molar-refractivity contribution in [1.29, 1.82) is 0 Å². The first-order valence-corrected chi connectivity index (χ1v) is 38.8. The smallest absolute Gasteiger partial charge is 0.410 e. The molecule has 6 amide bonds. The van der Waals surface area contributed by atoms with E-state index in [2.05, 4.69) is 62.6 Å². The predicted molar refractivity (Wildman–Crippen MR) is 437 cm³/mol. The molecule has 14 rings (SSSR count). The van der Waals surface area contributed by atoms with Gasteiger partial charge in [-0.25, -0.2) is 14.4 Å². The minimum absolute atomic E-state index is 0.0488. The number of amides is 6. The minimum atomic E-state index is -0.571. The number of methoxy groups -OCH3 is 1. The molecule has 8 heterocycles. The first-order valence-electron chi connectivity index (χ1n) is 37.6. The Morgan fingerprint density at radius 1 is 0.457 bits per heavy atom. The van der Waals surface area contributed by atoms with Crippen LogP contribution in [0.25, 0.3) is 0 Å². The van der Waals surface area contributed by atoms with Crippen LogP contribution in [0.2, 0.25) is 15.1 Å². The molecule has 0 unspecified atom stereocenters. The van der Waals surface area contributed by atoms with Crippen molar-refractivity contribution in [2.24, 2.45) is 21.1 Å². The number of carbonyl (C=O) groups excluding carboxylic acids is 9. The monoisotopic (exact) mass is 1640 g/mol. The summed E-state index contributed by atoms with van der Waals surface area (Å²) in [4.78, 5) is 114. The summed E-state index contributed by atoms with van der Waals surface area (Å²) in [5.74, 6) is 0.0756. The van der Waals surface area contributed by atoms with Crippen LogP contribution in [0.4, 0.5) is 26.7 Å². The zero-order chi connectivity index (χ0) is 83.9. The van der Waals surface area contributed by atoms with Crippen molar-refractivity contribution in [2.45, 2.75) is 112 Å². The maximum Gasteiger partial charge on any atom is 0.410 e. The molecule has 3 aromatic heterocycles. The number of esters is 1. The highest BCUT2D eigenvalue weighted by Gasteiger charge is 2.34. The third-order valence-corrected chi connectivity index (χ3v) is 20.3. The van der Waals surface area contributed by atoms with Gasteiger partial charge in [0.1, 0.15) is 28.5 Å². The summed E-state index contributed by atoms with van der Waals surface area (Å²) in [5, 5.41) is 17.6. The molecule has 5 aliphatic heterocycles. The number of hydrogen-bond donors (Lipinski definition) is 1. The van der Waals surface area contributed by atoms with Crippen LogP contribution in [0, 0.1) is 20.8 Å². The maximum atomic E-state index is 13.8. The summed E-state index contributed by atoms with van der Waals surface area (Å²) in [6.45, 7) is 21.8. The van der Waals surface area contributed by atoms with E-state index in [0.29, 0.717) is 112 Å². The number of piperazine rings is 2. The molecular weight excluding hydrogens is 1550 g/mol. The second-order valence-electron chi connectivity index (χ2n) is 30.3. The number of rotatable bonds is 11. The molecule has 0 atom stereocenters. The number of aryl methyl sites for hydroxylation is 6. The lowest BCUT2D eigenvalue weighted by atomic mass is 10.0. The maximum absolute atomic E-state index is 13.8. The van der Waals surface area contributed by atoms with Gasteiger partial charge < -0.3 is 63.1 Å². The van der Waals surface area contributed by atoms with E-state index in [-0.39, 0.29) is 71.8 Å². The molecule has 28 nitrogen and oxygen atoms in total. The van der Waals surface area contributed by atoms with Crippen molar-refractivity contribution < 1.29 is 71.6 Å². The zero-order valence-corrected chi connectivity index (χ0v) is 69.6. The number of ether oxygens (including phenoxy) is 6. The van der Waals surface area contributed by atoms with Crippen LogP contribution in [0.5, 0.6) is 17.2 Å². The highest BCUT2D eigenvalue weighted by atomic mass is 35.5. The van der Waals surface area contributed by atoms with E-state index in [1.54, 1.807) is 96.4 Å². The van der Waals surface area contributed by atoms with Gasteiger partial charge >= 0.3 is 24.3 Å². The number of aromatic nitrogens is 6. The predicted octanol–water partition coefficient (Wildman–Crippen LogP) is 12.7. The number of anilines is 3. The van der Waals surface area contributed by atoms with Gasteiger partial charge in [-0.2, -0.15) is 24.9 Å². The molecule has 0 aliphatic carbocycles. The molecule has 0 radical (unpaired) electrons. The van der Waals surface area contributed by atoms with Crippen molar-refractivity contribution in [1.82, 2.24) is 48.9 Å². The molecule has 1 N–H and O–H groups in total. The number of halogens is 3. The van der Waals surface area contributed by atoms with Gasteiger partial charge in [0.2, 0.25) is 0 Å². The number of nitrogens with zero attached hydrogens (tertiary/aromatic N) is 12. The summed E-state index contributed by atoms with van der Waals surface area (Å²) in [6, 6.07) is 35.3. The Balaban J connectivity index is 0.000000169. The second kappa shape index (κ2) is 38.6. The molecule has 116 heavy (non-hydrogen) atoms. The van der Waals surface area contributed by atoms with Crippen molar-refractivity contribution in [3.8, 4) is 17.2 Å². The van der Waals surface area contributed by atoms with Gasteiger partial charge in [-0.05, 0) is 152 Å². The van der Waals surface area contributed by atoms with Crippen molar-refractivity contribution in [2.75, 3.05) is 94.4 Å². The normalized spacial score (nSPS) is 13.9. The fourth-order valence-corrected chi connectivity index (χ4v) is 14.2. The first-order chi connectivity index (χ1) is 55.2. The largest absolute Gasteiger partial charge is 0.484 e. The summed E-state index contributed by atoms with van der Waals surface area (Å²) < 4.78 is 37.6. The standard InChI is InChI=1S/C31H36ClN5O5.C23H22ClN3O4.C17H23ClN2O4.C13H15N3.CO2/c1-20-6-9-26-21(14-20)15-27-22(17-33-34(27)5)18-37(26)29(39)24-8-7-23(16-25(24)32)41-19-28(38)35-10-12-36(13-11-35)30(40)42-31(2,3)4;1-14-4-7-20-15(8-14)9-21-16(11-25-26(21)2)12-27(20)23(29)18-6-5-17(10-19(18)24)31-13-22(28)30-3;1-17(2,3)24-16(22)20-9-7-19(8-10-20)15(21)12-23-14-6-4-5-13(18)11-14;1-9-3-4-12-10(5-9)6-13-11(7-14-12)8-15-16(13)2;2-1-3/h6-9,14,16-17H,10-13,15,18-19H2,1-5H3;4-8,10-11H,9,12-13H2,1-3H3;4-6,11H,7-10,12H2,1-3H3;3-5,8,14H,6-7H2,1-2H3;. The molecule has 2 fully saturated rings. The van der Waals surface area contributed by atoms with E-state index in [9.17, 15) is 33.6 Å². The minimum Gasteiger partial charge on any atom is -0.484 e.